The van der Waals surface area contributed by atoms with Crippen LogP contribution in [0.5, 0.6) is 0 Å². The third kappa shape index (κ3) is 4.34. The zero-order chi connectivity index (χ0) is 17.5. The molecule has 0 fully saturated rings. The number of carbonyl (C=O) groups excluding carboxylic acids is 1. The van der Waals surface area contributed by atoms with E-state index in [0.717, 1.165) is 25.7 Å². The minimum atomic E-state index is -0.563. The van der Waals surface area contributed by atoms with E-state index in [-0.39, 0.29) is 12.5 Å². The molecule has 1 aromatic heterocycles. The number of unbranched alkanes of at least 4 members (excludes halogenated alkanes) is 1. The number of nitrogens with zero attached hydrogens (tertiary/aromatic N) is 1. The number of aromatic amines is 1. The zero-order valence-electron chi connectivity index (χ0n) is 14.3. The summed E-state index contributed by atoms with van der Waals surface area (Å²) in [5, 5.41) is 3.31. The van der Waals surface area contributed by atoms with Gasteiger partial charge >= 0.3 is 5.69 Å². The molecular weight excluding hydrogens is 306 g/mol. The Labute approximate surface area is 140 Å². The molecule has 24 heavy (non-hydrogen) atoms. The summed E-state index contributed by atoms with van der Waals surface area (Å²) in [6.07, 6.45) is 4.40. The molecule has 0 saturated carbocycles. The summed E-state index contributed by atoms with van der Waals surface area (Å²) < 4.78 is 1.30. The molecule has 1 atom stereocenters. The monoisotopic (exact) mass is 331 g/mol. The molecule has 0 saturated heterocycles. The predicted octanol–water partition coefficient (Wildman–Crippen LogP) is 2.02. The van der Waals surface area contributed by atoms with Crippen LogP contribution in [0.4, 0.5) is 0 Å². The number of aromatic nitrogens is 2. The van der Waals surface area contributed by atoms with Crippen molar-refractivity contribution in [3.05, 3.63) is 45.1 Å². The smallest absolute Gasteiger partial charge is 0.329 e. The molecule has 0 aliphatic rings. The van der Waals surface area contributed by atoms with Crippen molar-refractivity contribution in [1.82, 2.24) is 14.9 Å². The molecule has 1 aromatic carbocycles. The average molecular weight is 331 g/mol. The molecule has 1 amide bonds. The van der Waals surface area contributed by atoms with Gasteiger partial charge in [-0.25, -0.2) is 4.79 Å². The number of carbonyl (C=O) groups is 1. The summed E-state index contributed by atoms with van der Waals surface area (Å²) in [6, 6.07) is 6.79. The Bertz CT molecular complexity index is 807. The van der Waals surface area contributed by atoms with Crippen LogP contribution in [0.3, 0.4) is 0 Å². The topological polar surface area (TPSA) is 84.0 Å². The molecule has 0 bridgehead atoms. The zero-order valence-corrected chi connectivity index (χ0v) is 14.3. The van der Waals surface area contributed by atoms with E-state index in [1.165, 1.54) is 4.57 Å². The number of amides is 1. The van der Waals surface area contributed by atoms with E-state index in [0.29, 0.717) is 23.4 Å². The highest BCUT2D eigenvalue weighted by atomic mass is 16.2. The third-order valence-corrected chi connectivity index (χ3v) is 4.34. The SMILES string of the molecule is CCCCC(CC)CNC(=O)Cn1c(=O)[nH]c(=O)c2ccccc21. The summed E-state index contributed by atoms with van der Waals surface area (Å²) in [5.74, 6) is 0.238. The summed E-state index contributed by atoms with van der Waals surface area (Å²) in [7, 11) is 0. The van der Waals surface area contributed by atoms with Gasteiger partial charge in [0.15, 0.2) is 0 Å². The first-order valence-electron chi connectivity index (χ1n) is 8.55. The van der Waals surface area contributed by atoms with Crippen molar-refractivity contribution in [2.45, 2.75) is 46.1 Å². The summed E-state index contributed by atoms with van der Waals surface area (Å²) in [5.41, 5.74) is -0.524. The van der Waals surface area contributed by atoms with Crippen molar-refractivity contribution in [2.24, 2.45) is 5.92 Å². The normalized spacial score (nSPS) is 12.2. The number of fused-ring (bicyclic) bond motifs is 1. The van der Waals surface area contributed by atoms with Gasteiger partial charge in [-0.3, -0.25) is 19.1 Å². The van der Waals surface area contributed by atoms with Crippen LogP contribution in [-0.4, -0.2) is 22.0 Å². The molecule has 6 heteroatoms. The van der Waals surface area contributed by atoms with Gasteiger partial charge in [0.25, 0.3) is 5.56 Å². The van der Waals surface area contributed by atoms with Crippen LogP contribution in [-0.2, 0) is 11.3 Å². The van der Waals surface area contributed by atoms with Gasteiger partial charge in [0.05, 0.1) is 10.9 Å². The molecule has 130 valence electrons. The highest BCUT2D eigenvalue weighted by Gasteiger charge is 2.12. The second-order valence-electron chi connectivity index (χ2n) is 6.08. The van der Waals surface area contributed by atoms with Crippen molar-refractivity contribution in [2.75, 3.05) is 6.54 Å². The Morgan fingerprint density at radius 1 is 1.25 bits per heavy atom. The first-order valence-corrected chi connectivity index (χ1v) is 8.55. The van der Waals surface area contributed by atoms with Gasteiger partial charge in [-0.1, -0.05) is 45.2 Å². The highest BCUT2D eigenvalue weighted by Crippen LogP contribution is 2.11. The van der Waals surface area contributed by atoms with E-state index in [2.05, 4.69) is 24.1 Å². The number of hydrogen-bond acceptors (Lipinski definition) is 3. The second-order valence-corrected chi connectivity index (χ2v) is 6.08. The van der Waals surface area contributed by atoms with Crippen LogP contribution in [0.25, 0.3) is 10.9 Å². The first kappa shape index (κ1) is 18.0. The van der Waals surface area contributed by atoms with Crippen molar-refractivity contribution in [3.8, 4) is 0 Å². The molecule has 0 aliphatic heterocycles. The number of rotatable bonds is 8. The molecule has 2 rings (SSSR count). The lowest BCUT2D eigenvalue weighted by molar-refractivity contribution is -0.121. The predicted molar refractivity (Wildman–Crippen MR) is 95.1 cm³/mol. The van der Waals surface area contributed by atoms with Gasteiger partial charge in [-0.15, -0.1) is 0 Å². The molecule has 1 heterocycles. The van der Waals surface area contributed by atoms with Gasteiger partial charge in [0.1, 0.15) is 6.54 Å². The lowest BCUT2D eigenvalue weighted by Crippen LogP contribution is -2.37. The molecule has 1 unspecified atom stereocenters. The van der Waals surface area contributed by atoms with E-state index < -0.39 is 11.2 Å². The Hall–Kier alpha value is -2.37. The fraction of sp³-hybridized carbons (Fsp3) is 0.500. The standard InChI is InChI=1S/C18H25N3O3/c1-3-5-8-13(4-2)11-19-16(22)12-21-15-10-7-6-9-14(15)17(23)20-18(21)24/h6-7,9-10,13H,3-5,8,11-12H2,1-2H3,(H,19,22)(H,20,23,24). The van der Waals surface area contributed by atoms with E-state index in [4.69, 9.17) is 0 Å². The van der Waals surface area contributed by atoms with E-state index in [9.17, 15) is 14.4 Å². The maximum atomic E-state index is 12.2. The van der Waals surface area contributed by atoms with Gasteiger partial charge < -0.3 is 5.32 Å². The van der Waals surface area contributed by atoms with Crippen molar-refractivity contribution in [1.29, 1.82) is 0 Å². The lowest BCUT2D eigenvalue weighted by atomic mass is 9.99. The lowest BCUT2D eigenvalue weighted by Gasteiger charge is -2.16. The van der Waals surface area contributed by atoms with Crippen LogP contribution in [0.2, 0.25) is 0 Å². The van der Waals surface area contributed by atoms with Crippen LogP contribution >= 0.6 is 0 Å². The number of nitrogens with one attached hydrogen (secondary N) is 2. The van der Waals surface area contributed by atoms with Crippen molar-refractivity contribution in [3.63, 3.8) is 0 Å². The van der Waals surface area contributed by atoms with E-state index in [1.54, 1.807) is 24.3 Å². The highest BCUT2D eigenvalue weighted by molar-refractivity contribution is 5.81. The summed E-state index contributed by atoms with van der Waals surface area (Å²) in [6.45, 7) is 4.79. The Morgan fingerprint density at radius 2 is 2.00 bits per heavy atom. The number of para-hydroxylation sites is 1. The van der Waals surface area contributed by atoms with Crippen molar-refractivity contribution < 1.29 is 4.79 Å². The fourth-order valence-corrected chi connectivity index (χ4v) is 2.80. The van der Waals surface area contributed by atoms with Crippen LogP contribution < -0.4 is 16.6 Å². The van der Waals surface area contributed by atoms with Crippen LogP contribution in [0.15, 0.2) is 33.9 Å². The van der Waals surface area contributed by atoms with Gasteiger partial charge in [-0.05, 0) is 24.5 Å². The third-order valence-electron chi connectivity index (χ3n) is 4.34. The summed E-state index contributed by atoms with van der Waals surface area (Å²) >= 11 is 0. The number of hydrogen-bond donors (Lipinski definition) is 2. The minimum Gasteiger partial charge on any atom is -0.354 e. The Balaban J connectivity index is 2.11. The van der Waals surface area contributed by atoms with Crippen molar-refractivity contribution >= 4 is 16.8 Å². The molecule has 0 spiro atoms. The molecule has 0 aliphatic carbocycles. The molecule has 6 nitrogen and oxygen atoms in total. The van der Waals surface area contributed by atoms with Gasteiger partial charge in [0.2, 0.25) is 5.91 Å². The average Bonchev–Trinajstić information content (AvgIpc) is 2.59. The van der Waals surface area contributed by atoms with Crippen LogP contribution in [0, 0.1) is 5.92 Å². The maximum Gasteiger partial charge on any atom is 0.329 e. The quantitative estimate of drug-likeness (QED) is 0.776. The number of benzene rings is 1. The van der Waals surface area contributed by atoms with Crippen LogP contribution in [0.1, 0.15) is 39.5 Å². The van der Waals surface area contributed by atoms with Gasteiger partial charge in [0, 0.05) is 6.54 Å². The number of H-pyrrole nitrogens is 1. The van der Waals surface area contributed by atoms with Gasteiger partial charge in [-0.2, -0.15) is 0 Å². The van der Waals surface area contributed by atoms with E-state index in [1.807, 2.05) is 0 Å². The summed E-state index contributed by atoms with van der Waals surface area (Å²) in [4.78, 5) is 38.4. The van der Waals surface area contributed by atoms with E-state index >= 15 is 0 Å². The Morgan fingerprint density at radius 3 is 2.71 bits per heavy atom. The largest absolute Gasteiger partial charge is 0.354 e. The Kier molecular flexibility index (Phi) is 6.35. The maximum absolute atomic E-state index is 12.2. The fourth-order valence-electron chi connectivity index (χ4n) is 2.80. The molecule has 2 aromatic rings. The minimum absolute atomic E-state index is 0.0969. The first-order chi connectivity index (χ1) is 11.6. The molecule has 2 N–H and O–H groups in total. The molecular formula is C18H25N3O3. The molecule has 0 radical (unpaired) electrons. The second kappa shape index (κ2) is 8.47.